The van der Waals surface area contributed by atoms with Gasteiger partial charge in [0.2, 0.25) is 5.56 Å². The topological polar surface area (TPSA) is 71.8 Å². The molecule has 2 heterocycles. The summed E-state index contributed by atoms with van der Waals surface area (Å²) in [7, 11) is 1.73. The number of hydrogen-bond donors (Lipinski definition) is 2. The van der Waals surface area contributed by atoms with Crippen molar-refractivity contribution in [3.63, 3.8) is 0 Å². The second kappa shape index (κ2) is 6.03. The van der Waals surface area contributed by atoms with E-state index in [1.165, 1.54) is 0 Å². The summed E-state index contributed by atoms with van der Waals surface area (Å²) in [6.45, 7) is 1.92. The van der Waals surface area contributed by atoms with E-state index < -0.39 is 0 Å². The van der Waals surface area contributed by atoms with Crippen LogP contribution in [0.4, 0.5) is 0 Å². The van der Waals surface area contributed by atoms with Crippen LogP contribution in [0.1, 0.15) is 5.56 Å². The quantitative estimate of drug-likeness (QED) is 0.685. The summed E-state index contributed by atoms with van der Waals surface area (Å²) in [5.74, 6) is 0. The average Bonchev–Trinajstić information content (AvgIpc) is 2.83. The van der Waals surface area contributed by atoms with Gasteiger partial charge in [0.1, 0.15) is 0 Å². The zero-order valence-electron chi connectivity index (χ0n) is 12.4. The molecule has 0 saturated carbocycles. The molecule has 0 aliphatic carbocycles. The van der Waals surface area contributed by atoms with Crippen molar-refractivity contribution in [2.45, 2.75) is 13.1 Å². The minimum absolute atomic E-state index is 0.0194. The van der Waals surface area contributed by atoms with Gasteiger partial charge in [0.15, 0.2) is 0 Å². The van der Waals surface area contributed by atoms with Crippen LogP contribution in [0, 0.1) is 0 Å². The molecular formula is C16H18N4O2. The lowest BCUT2D eigenvalue weighted by atomic mass is 10.3. The van der Waals surface area contributed by atoms with Gasteiger partial charge in [0.25, 0.3) is 0 Å². The Kier molecular flexibility index (Phi) is 3.93. The zero-order valence-corrected chi connectivity index (χ0v) is 12.4. The number of aryl methyl sites for hydroxylation is 1. The number of benzene rings is 1. The smallest absolute Gasteiger partial charge is 0.318 e. The first-order valence-corrected chi connectivity index (χ1v) is 7.19. The zero-order chi connectivity index (χ0) is 15.5. The van der Waals surface area contributed by atoms with Gasteiger partial charge >= 0.3 is 5.69 Å². The van der Waals surface area contributed by atoms with Gasteiger partial charge in [-0.3, -0.25) is 9.36 Å². The molecule has 0 spiro atoms. The number of aromatic nitrogens is 3. The predicted molar refractivity (Wildman–Crippen MR) is 85.9 cm³/mol. The maximum Gasteiger partial charge on any atom is 0.326 e. The number of nitrogens with one attached hydrogen (secondary N) is 2. The molecule has 0 amide bonds. The monoisotopic (exact) mass is 298 g/mol. The van der Waals surface area contributed by atoms with Gasteiger partial charge in [-0.2, -0.15) is 0 Å². The second-order valence-corrected chi connectivity index (χ2v) is 5.26. The Morgan fingerprint density at radius 3 is 2.77 bits per heavy atom. The van der Waals surface area contributed by atoms with Gasteiger partial charge in [0, 0.05) is 38.9 Å². The number of pyridine rings is 1. The summed E-state index contributed by atoms with van der Waals surface area (Å²) >= 11 is 0. The third kappa shape index (κ3) is 2.87. The molecule has 6 nitrogen and oxygen atoms in total. The maximum absolute atomic E-state index is 11.9. The molecule has 2 N–H and O–H groups in total. The van der Waals surface area contributed by atoms with Crippen molar-refractivity contribution in [1.82, 2.24) is 19.4 Å². The van der Waals surface area contributed by atoms with Crippen LogP contribution in [0.15, 0.2) is 52.2 Å². The number of rotatable bonds is 5. The van der Waals surface area contributed by atoms with E-state index >= 15 is 0 Å². The van der Waals surface area contributed by atoms with E-state index in [-0.39, 0.29) is 11.2 Å². The van der Waals surface area contributed by atoms with Crippen LogP contribution in [0.2, 0.25) is 0 Å². The Morgan fingerprint density at radius 1 is 1.14 bits per heavy atom. The van der Waals surface area contributed by atoms with Gasteiger partial charge < -0.3 is 14.9 Å². The van der Waals surface area contributed by atoms with Gasteiger partial charge in [-0.1, -0.05) is 18.2 Å². The number of nitrogens with zero attached hydrogens (tertiary/aromatic N) is 2. The third-order valence-electron chi connectivity index (χ3n) is 3.67. The van der Waals surface area contributed by atoms with Gasteiger partial charge in [-0.25, -0.2) is 4.79 Å². The Labute approximate surface area is 127 Å². The van der Waals surface area contributed by atoms with Crippen molar-refractivity contribution in [3.05, 3.63) is 69.0 Å². The first-order chi connectivity index (χ1) is 10.6. The molecule has 1 aromatic carbocycles. The van der Waals surface area contributed by atoms with Crippen LogP contribution >= 0.6 is 0 Å². The summed E-state index contributed by atoms with van der Waals surface area (Å²) in [6.07, 6.45) is 1.81. The molecule has 0 aliphatic rings. The number of aromatic amines is 1. The second-order valence-electron chi connectivity index (χ2n) is 5.26. The lowest BCUT2D eigenvalue weighted by Gasteiger charge is -2.07. The molecule has 22 heavy (non-hydrogen) atoms. The molecule has 3 aromatic rings. The van der Waals surface area contributed by atoms with Crippen LogP contribution < -0.4 is 16.6 Å². The molecule has 114 valence electrons. The highest BCUT2D eigenvalue weighted by atomic mass is 16.1. The molecule has 2 aromatic heterocycles. The highest BCUT2D eigenvalue weighted by Crippen LogP contribution is 2.08. The van der Waals surface area contributed by atoms with E-state index in [1.54, 1.807) is 22.2 Å². The minimum Gasteiger partial charge on any atom is -0.318 e. The van der Waals surface area contributed by atoms with E-state index in [0.717, 1.165) is 16.6 Å². The molecule has 0 radical (unpaired) electrons. The van der Waals surface area contributed by atoms with Gasteiger partial charge in [-0.05, 0) is 17.7 Å². The Morgan fingerprint density at radius 2 is 1.95 bits per heavy atom. The molecule has 0 fully saturated rings. The normalized spacial score (nSPS) is 11.1. The summed E-state index contributed by atoms with van der Waals surface area (Å²) < 4.78 is 3.28. The van der Waals surface area contributed by atoms with Crippen molar-refractivity contribution in [2.75, 3.05) is 6.54 Å². The fraction of sp³-hybridized carbons (Fsp3) is 0.250. The highest BCUT2D eigenvalue weighted by molar-refractivity contribution is 5.74. The Hall–Kier alpha value is -2.60. The highest BCUT2D eigenvalue weighted by Gasteiger charge is 2.04. The summed E-state index contributed by atoms with van der Waals surface area (Å²) in [4.78, 5) is 26.1. The third-order valence-corrected chi connectivity index (χ3v) is 3.67. The molecule has 0 saturated heterocycles. The van der Waals surface area contributed by atoms with Crippen molar-refractivity contribution in [1.29, 1.82) is 0 Å². The van der Waals surface area contributed by atoms with E-state index in [2.05, 4.69) is 10.3 Å². The molecule has 3 rings (SSSR count). The summed E-state index contributed by atoms with van der Waals surface area (Å²) in [5.41, 5.74) is 2.69. The predicted octanol–water partition coefficient (Wildman–Crippen LogP) is 0.818. The summed E-state index contributed by atoms with van der Waals surface area (Å²) in [6, 6.07) is 11.0. The molecular weight excluding hydrogens is 280 g/mol. The lowest BCUT2D eigenvalue weighted by molar-refractivity contribution is 0.594. The fourth-order valence-corrected chi connectivity index (χ4v) is 2.51. The van der Waals surface area contributed by atoms with Gasteiger partial charge in [-0.15, -0.1) is 0 Å². The van der Waals surface area contributed by atoms with Crippen LogP contribution in [-0.4, -0.2) is 20.7 Å². The van der Waals surface area contributed by atoms with E-state index in [4.69, 9.17) is 0 Å². The molecule has 0 unspecified atom stereocenters. The molecule has 0 atom stereocenters. The van der Waals surface area contributed by atoms with Crippen molar-refractivity contribution < 1.29 is 0 Å². The number of para-hydroxylation sites is 2. The first-order valence-electron chi connectivity index (χ1n) is 7.19. The Bertz CT molecular complexity index is 904. The van der Waals surface area contributed by atoms with Gasteiger partial charge in [0.05, 0.1) is 11.0 Å². The fourth-order valence-electron chi connectivity index (χ4n) is 2.51. The first kappa shape index (κ1) is 14.3. The maximum atomic E-state index is 11.9. The van der Waals surface area contributed by atoms with Crippen molar-refractivity contribution in [3.8, 4) is 0 Å². The number of fused-ring (bicyclic) bond motifs is 1. The Balaban J connectivity index is 1.63. The summed E-state index contributed by atoms with van der Waals surface area (Å²) in [5, 5.41) is 3.29. The number of H-pyrrole nitrogens is 1. The number of imidazole rings is 1. The van der Waals surface area contributed by atoms with Crippen LogP contribution in [0.5, 0.6) is 0 Å². The SMILES string of the molecule is Cn1cc(CNCCn2c(=O)[nH]c3ccccc32)ccc1=O. The number of hydrogen-bond acceptors (Lipinski definition) is 3. The van der Waals surface area contributed by atoms with E-state index in [1.807, 2.05) is 36.5 Å². The van der Waals surface area contributed by atoms with Crippen molar-refractivity contribution in [2.24, 2.45) is 7.05 Å². The molecule has 0 aliphatic heterocycles. The van der Waals surface area contributed by atoms with E-state index in [0.29, 0.717) is 19.6 Å². The average molecular weight is 298 g/mol. The lowest BCUT2D eigenvalue weighted by Crippen LogP contribution is -2.25. The minimum atomic E-state index is -0.0925. The van der Waals surface area contributed by atoms with Crippen LogP contribution in [0.25, 0.3) is 11.0 Å². The van der Waals surface area contributed by atoms with Crippen LogP contribution in [0.3, 0.4) is 0 Å². The standard InChI is InChI=1S/C16H18N4O2/c1-19-11-12(6-7-15(19)21)10-17-8-9-20-14-5-3-2-4-13(14)18-16(20)22/h2-7,11,17H,8-10H2,1H3,(H,18,22). The molecule has 6 heteroatoms. The largest absolute Gasteiger partial charge is 0.326 e. The molecule has 0 bridgehead atoms. The van der Waals surface area contributed by atoms with Crippen molar-refractivity contribution >= 4 is 11.0 Å². The van der Waals surface area contributed by atoms with E-state index in [9.17, 15) is 9.59 Å². The van der Waals surface area contributed by atoms with Crippen LogP contribution in [-0.2, 0) is 20.1 Å².